The molecule has 2 rings (SSSR count). The zero-order valence-corrected chi connectivity index (χ0v) is 10.5. The van der Waals surface area contributed by atoms with Crippen molar-refractivity contribution in [1.82, 2.24) is 14.7 Å². The van der Waals surface area contributed by atoms with Gasteiger partial charge in [-0.25, -0.2) is 4.79 Å². The van der Waals surface area contributed by atoms with Crippen molar-refractivity contribution in [2.75, 3.05) is 12.4 Å². The number of amides is 2. The predicted molar refractivity (Wildman–Crippen MR) is 66.9 cm³/mol. The van der Waals surface area contributed by atoms with Gasteiger partial charge < -0.3 is 4.90 Å². The van der Waals surface area contributed by atoms with Crippen LogP contribution in [0.1, 0.15) is 32.1 Å². The van der Waals surface area contributed by atoms with Gasteiger partial charge in [0.25, 0.3) is 0 Å². The van der Waals surface area contributed by atoms with Crippen molar-refractivity contribution in [3.63, 3.8) is 0 Å². The first kappa shape index (κ1) is 12.0. The standard InChI is InChI=1S/C12H20N4O/c1-15(10-6-4-3-5-7-10)12(17)14-11-8-9-13-16(11)2/h8-10H,3-7H2,1-2H3,(H,14,17). The molecule has 0 spiro atoms. The zero-order valence-electron chi connectivity index (χ0n) is 10.5. The van der Waals surface area contributed by atoms with Crippen LogP contribution >= 0.6 is 0 Å². The fraction of sp³-hybridized carbons (Fsp3) is 0.667. The van der Waals surface area contributed by atoms with Gasteiger partial charge >= 0.3 is 6.03 Å². The SMILES string of the molecule is CN(C(=O)Nc1ccnn1C)C1CCCCC1. The lowest BCUT2D eigenvalue weighted by Gasteiger charge is -2.31. The van der Waals surface area contributed by atoms with Crippen molar-refractivity contribution in [3.05, 3.63) is 12.3 Å². The molecule has 0 unspecified atom stereocenters. The van der Waals surface area contributed by atoms with E-state index in [1.807, 2.05) is 19.0 Å². The normalized spacial score (nSPS) is 16.8. The summed E-state index contributed by atoms with van der Waals surface area (Å²) in [4.78, 5) is 13.9. The summed E-state index contributed by atoms with van der Waals surface area (Å²) in [5.41, 5.74) is 0. The molecule has 2 amide bonds. The highest BCUT2D eigenvalue weighted by Gasteiger charge is 2.22. The smallest absolute Gasteiger partial charge is 0.322 e. The summed E-state index contributed by atoms with van der Waals surface area (Å²) in [6.07, 6.45) is 7.68. The number of carbonyl (C=O) groups is 1. The minimum absolute atomic E-state index is 0.0412. The Morgan fingerprint density at radius 1 is 1.47 bits per heavy atom. The van der Waals surface area contributed by atoms with Gasteiger partial charge in [-0.15, -0.1) is 0 Å². The third-order valence-corrected chi connectivity index (χ3v) is 3.50. The summed E-state index contributed by atoms with van der Waals surface area (Å²) in [5, 5.41) is 6.90. The van der Waals surface area contributed by atoms with Crippen molar-refractivity contribution in [3.8, 4) is 0 Å². The molecule has 0 radical (unpaired) electrons. The van der Waals surface area contributed by atoms with Gasteiger partial charge in [-0.3, -0.25) is 10.00 Å². The van der Waals surface area contributed by atoms with Gasteiger partial charge in [0, 0.05) is 26.2 Å². The van der Waals surface area contributed by atoms with Crippen LogP contribution in [-0.2, 0) is 7.05 Å². The molecular weight excluding hydrogens is 216 g/mol. The second-order valence-electron chi connectivity index (χ2n) is 4.67. The fourth-order valence-electron chi connectivity index (χ4n) is 2.33. The van der Waals surface area contributed by atoms with Crippen LogP contribution in [0.4, 0.5) is 10.6 Å². The Balaban J connectivity index is 1.93. The van der Waals surface area contributed by atoms with E-state index in [0.29, 0.717) is 6.04 Å². The summed E-state index contributed by atoms with van der Waals surface area (Å²) in [7, 11) is 3.69. The summed E-state index contributed by atoms with van der Waals surface area (Å²) in [6, 6.07) is 2.14. The Kier molecular flexibility index (Phi) is 3.66. The van der Waals surface area contributed by atoms with Gasteiger partial charge in [0.2, 0.25) is 0 Å². The van der Waals surface area contributed by atoms with Crippen molar-refractivity contribution in [2.24, 2.45) is 7.05 Å². The van der Waals surface area contributed by atoms with E-state index in [-0.39, 0.29) is 6.03 Å². The van der Waals surface area contributed by atoms with Crippen molar-refractivity contribution in [1.29, 1.82) is 0 Å². The van der Waals surface area contributed by atoms with Gasteiger partial charge in [0.15, 0.2) is 0 Å². The van der Waals surface area contributed by atoms with Gasteiger partial charge in [0.1, 0.15) is 5.82 Å². The molecule has 0 aromatic carbocycles. The van der Waals surface area contributed by atoms with E-state index in [2.05, 4.69) is 10.4 Å². The highest BCUT2D eigenvalue weighted by molar-refractivity contribution is 5.88. The van der Waals surface area contributed by atoms with Crippen molar-refractivity contribution in [2.45, 2.75) is 38.1 Å². The van der Waals surface area contributed by atoms with E-state index in [4.69, 9.17) is 0 Å². The average molecular weight is 236 g/mol. The number of nitrogens with zero attached hydrogens (tertiary/aromatic N) is 3. The van der Waals surface area contributed by atoms with E-state index >= 15 is 0 Å². The number of nitrogens with one attached hydrogen (secondary N) is 1. The Hall–Kier alpha value is -1.52. The first-order chi connectivity index (χ1) is 8.18. The van der Waals surface area contributed by atoms with Gasteiger partial charge in [-0.05, 0) is 12.8 Å². The maximum Gasteiger partial charge on any atom is 0.322 e. The number of anilines is 1. The Bertz CT molecular complexity index is 382. The molecule has 94 valence electrons. The van der Waals surface area contributed by atoms with Crippen LogP contribution in [0.25, 0.3) is 0 Å². The molecule has 5 heteroatoms. The van der Waals surface area contributed by atoms with Crippen LogP contribution in [0.5, 0.6) is 0 Å². The molecule has 1 fully saturated rings. The fourth-order valence-corrected chi connectivity index (χ4v) is 2.33. The summed E-state index contributed by atoms with van der Waals surface area (Å²) >= 11 is 0. The second kappa shape index (κ2) is 5.21. The van der Waals surface area contributed by atoms with E-state index in [1.165, 1.54) is 19.3 Å². The number of aryl methyl sites for hydroxylation is 1. The molecule has 1 aliphatic carbocycles. The first-order valence-corrected chi connectivity index (χ1v) is 6.20. The molecule has 0 bridgehead atoms. The van der Waals surface area contributed by atoms with E-state index in [9.17, 15) is 4.79 Å². The quantitative estimate of drug-likeness (QED) is 0.856. The minimum Gasteiger partial charge on any atom is -0.325 e. The summed E-state index contributed by atoms with van der Waals surface area (Å²) in [5.74, 6) is 0.734. The lowest BCUT2D eigenvalue weighted by atomic mass is 9.95. The number of carbonyl (C=O) groups excluding carboxylic acids is 1. The highest BCUT2D eigenvalue weighted by atomic mass is 16.2. The topological polar surface area (TPSA) is 50.2 Å². The molecule has 1 saturated carbocycles. The van der Waals surface area contributed by atoms with Gasteiger partial charge in [-0.1, -0.05) is 19.3 Å². The number of urea groups is 1. The van der Waals surface area contributed by atoms with Crippen molar-refractivity contribution < 1.29 is 4.79 Å². The third-order valence-electron chi connectivity index (χ3n) is 3.50. The van der Waals surface area contributed by atoms with Crippen LogP contribution in [0.2, 0.25) is 0 Å². The highest BCUT2D eigenvalue weighted by Crippen LogP contribution is 2.22. The monoisotopic (exact) mass is 236 g/mol. The van der Waals surface area contributed by atoms with Crippen molar-refractivity contribution >= 4 is 11.8 Å². The maximum atomic E-state index is 12.0. The van der Waals surface area contributed by atoms with Crippen LogP contribution < -0.4 is 5.32 Å². The molecular formula is C12H20N4O. The molecule has 5 nitrogen and oxygen atoms in total. The number of hydrogen-bond donors (Lipinski definition) is 1. The number of rotatable bonds is 2. The first-order valence-electron chi connectivity index (χ1n) is 6.20. The summed E-state index contributed by atoms with van der Waals surface area (Å²) in [6.45, 7) is 0. The maximum absolute atomic E-state index is 12.0. The predicted octanol–water partition coefficient (Wildman–Crippen LogP) is 2.22. The molecule has 1 N–H and O–H groups in total. The average Bonchev–Trinajstić information content (AvgIpc) is 2.75. The lowest BCUT2D eigenvalue weighted by Crippen LogP contribution is -2.41. The Morgan fingerprint density at radius 3 is 2.76 bits per heavy atom. The number of hydrogen-bond acceptors (Lipinski definition) is 2. The third kappa shape index (κ3) is 2.78. The zero-order chi connectivity index (χ0) is 12.3. The Morgan fingerprint density at radius 2 is 2.18 bits per heavy atom. The lowest BCUT2D eigenvalue weighted by molar-refractivity contribution is 0.186. The van der Waals surface area contributed by atoms with Crippen LogP contribution in [-0.4, -0.2) is 33.8 Å². The van der Waals surface area contributed by atoms with E-state index < -0.39 is 0 Å². The molecule has 17 heavy (non-hydrogen) atoms. The Labute approximate surface area is 102 Å². The van der Waals surface area contributed by atoms with Gasteiger partial charge in [0.05, 0.1) is 6.20 Å². The largest absolute Gasteiger partial charge is 0.325 e. The molecule has 0 atom stereocenters. The summed E-state index contributed by atoms with van der Waals surface area (Å²) < 4.78 is 1.66. The molecule has 0 saturated heterocycles. The molecule has 1 aromatic heterocycles. The van der Waals surface area contributed by atoms with Gasteiger partial charge in [-0.2, -0.15) is 5.10 Å². The molecule has 1 heterocycles. The van der Waals surface area contributed by atoms with E-state index in [0.717, 1.165) is 18.7 Å². The van der Waals surface area contributed by atoms with Crippen LogP contribution in [0, 0.1) is 0 Å². The molecule has 0 aliphatic heterocycles. The molecule has 1 aromatic rings. The van der Waals surface area contributed by atoms with Crippen LogP contribution in [0.15, 0.2) is 12.3 Å². The number of aromatic nitrogens is 2. The van der Waals surface area contributed by atoms with E-state index in [1.54, 1.807) is 16.9 Å². The molecule has 1 aliphatic rings. The van der Waals surface area contributed by atoms with Crippen LogP contribution in [0.3, 0.4) is 0 Å². The minimum atomic E-state index is -0.0412. The second-order valence-corrected chi connectivity index (χ2v) is 4.67.